The Hall–Kier alpha value is -3.38. The molecule has 0 fully saturated rings. The summed E-state index contributed by atoms with van der Waals surface area (Å²) in [6, 6.07) is 16.6. The van der Waals surface area contributed by atoms with E-state index >= 15 is 0 Å². The maximum Gasteiger partial charge on any atom is 0.340 e. The summed E-state index contributed by atoms with van der Waals surface area (Å²) in [4.78, 5) is 30.4. The summed E-state index contributed by atoms with van der Waals surface area (Å²) in [5.74, 6) is -0.364. The molecule has 1 aromatic heterocycles. The number of aromatic nitrogens is 1. The van der Waals surface area contributed by atoms with Crippen molar-refractivity contribution in [1.29, 1.82) is 0 Å². The van der Waals surface area contributed by atoms with Crippen LogP contribution in [0.3, 0.4) is 0 Å². The van der Waals surface area contributed by atoms with Crippen LogP contribution in [0.1, 0.15) is 57.3 Å². The molecule has 172 valence electrons. The van der Waals surface area contributed by atoms with Gasteiger partial charge in [0.25, 0.3) is 0 Å². The lowest BCUT2D eigenvalue weighted by atomic mass is 10.1. The van der Waals surface area contributed by atoms with Gasteiger partial charge in [-0.25, -0.2) is 4.79 Å². The average molecular weight is 446 g/mol. The Morgan fingerprint density at radius 3 is 2.58 bits per heavy atom. The molecule has 2 aromatic carbocycles. The van der Waals surface area contributed by atoms with E-state index in [1.165, 1.54) is 16.7 Å². The van der Waals surface area contributed by atoms with Gasteiger partial charge < -0.3 is 15.0 Å². The lowest BCUT2D eigenvalue weighted by Crippen LogP contribution is -2.15. The van der Waals surface area contributed by atoms with Gasteiger partial charge in [0.15, 0.2) is 0 Å². The minimum atomic E-state index is -0.320. The van der Waals surface area contributed by atoms with Crippen molar-refractivity contribution in [2.75, 3.05) is 11.9 Å². The van der Waals surface area contributed by atoms with E-state index in [-0.39, 0.29) is 11.9 Å². The van der Waals surface area contributed by atoms with Crippen molar-refractivity contribution >= 4 is 17.6 Å². The van der Waals surface area contributed by atoms with E-state index in [2.05, 4.69) is 51.6 Å². The molecule has 0 saturated heterocycles. The number of benzene rings is 2. The summed E-state index contributed by atoms with van der Waals surface area (Å²) >= 11 is 0. The number of carbonyl (C=O) groups excluding carboxylic acids is 2. The van der Waals surface area contributed by atoms with Crippen molar-refractivity contribution in [3.63, 3.8) is 0 Å². The molecule has 2 heterocycles. The largest absolute Gasteiger partial charge is 0.462 e. The topological polar surface area (TPSA) is 74.4 Å². The average Bonchev–Trinajstić information content (AvgIpc) is 3.31. The van der Waals surface area contributed by atoms with Crippen LogP contribution in [0, 0.1) is 13.8 Å². The van der Waals surface area contributed by atoms with E-state index in [1.807, 2.05) is 26.0 Å². The molecule has 0 aliphatic carbocycles. The Kier molecular flexibility index (Phi) is 6.94. The Bertz CT molecular complexity index is 1150. The lowest BCUT2D eigenvalue weighted by molar-refractivity contribution is -0.116. The molecule has 0 bridgehead atoms. The molecular formula is C27H31N3O3. The molecule has 2 N–H and O–H groups in total. The zero-order valence-electron chi connectivity index (χ0n) is 19.5. The van der Waals surface area contributed by atoms with Gasteiger partial charge in [0.2, 0.25) is 5.91 Å². The molecule has 0 spiro atoms. The van der Waals surface area contributed by atoms with Crippen molar-refractivity contribution in [2.24, 2.45) is 0 Å². The van der Waals surface area contributed by atoms with Crippen molar-refractivity contribution in [3.05, 3.63) is 87.7 Å². The second kappa shape index (κ2) is 10.0. The van der Waals surface area contributed by atoms with E-state index < -0.39 is 0 Å². The highest BCUT2D eigenvalue weighted by atomic mass is 16.5. The molecule has 0 radical (unpaired) electrons. The zero-order chi connectivity index (χ0) is 23.4. The number of hydrogen-bond acceptors (Lipinski definition) is 4. The smallest absolute Gasteiger partial charge is 0.340 e. The number of anilines is 1. The number of amides is 1. The first-order chi connectivity index (χ1) is 15.9. The van der Waals surface area contributed by atoms with Gasteiger partial charge in [0.1, 0.15) is 0 Å². The SMILES string of the molecule is CCOC(=O)c1c(C)[nH]c(CCC(=O)Nc2ccc3c(c2)CN(Cc2ccccc2)C3)c1C. The number of rotatable bonds is 8. The van der Waals surface area contributed by atoms with Crippen LogP contribution >= 0.6 is 0 Å². The van der Waals surface area contributed by atoms with Crippen LogP contribution in [0.15, 0.2) is 48.5 Å². The van der Waals surface area contributed by atoms with Gasteiger partial charge in [-0.3, -0.25) is 9.69 Å². The minimum absolute atomic E-state index is 0.0431. The Balaban J connectivity index is 1.33. The number of carbonyl (C=O) groups is 2. The van der Waals surface area contributed by atoms with Gasteiger partial charge in [0, 0.05) is 43.1 Å². The molecule has 0 saturated carbocycles. The predicted octanol–water partition coefficient (Wildman–Crippen LogP) is 4.90. The van der Waals surface area contributed by atoms with Gasteiger partial charge in [-0.2, -0.15) is 0 Å². The molecule has 3 aromatic rings. The number of H-pyrrole nitrogens is 1. The number of ether oxygens (including phenoxy) is 1. The first-order valence-corrected chi connectivity index (χ1v) is 11.5. The third-order valence-corrected chi connectivity index (χ3v) is 6.15. The lowest BCUT2D eigenvalue weighted by Gasteiger charge is -2.14. The summed E-state index contributed by atoms with van der Waals surface area (Å²) in [5, 5.41) is 3.03. The number of aryl methyl sites for hydroxylation is 2. The van der Waals surface area contributed by atoms with Crippen LogP contribution in [0.25, 0.3) is 0 Å². The number of hydrogen-bond donors (Lipinski definition) is 2. The van der Waals surface area contributed by atoms with Gasteiger partial charge in [-0.15, -0.1) is 0 Å². The summed E-state index contributed by atoms with van der Waals surface area (Å²) in [7, 11) is 0. The van der Waals surface area contributed by atoms with E-state index in [4.69, 9.17) is 4.74 Å². The fraction of sp³-hybridized carbons (Fsp3) is 0.333. The van der Waals surface area contributed by atoms with E-state index in [9.17, 15) is 9.59 Å². The molecule has 4 rings (SSSR count). The first kappa shape index (κ1) is 22.8. The fourth-order valence-corrected chi connectivity index (χ4v) is 4.53. The number of aromatic amines is 1. The summed E-state index contributed by atoms with van der Waals surface area (Å²) in [6.45, 7) is 8.60. The maximum absolute atomic E-state index is 12.6. The van der Waals surface area contributed by atoms with Crippen molar-refractivity contribution in [1.82, 2.24) is 9.88 Å². The number of nitrogens with zero attached hydrogens (tertiary/aromatic N) is 1. The molecule has 33 heavy (non-hydrogen) atoms. The number of nitrogens with one attached hydrogen (secondary N) is 2. The quantitative estimate of drug-likeness (QED) is 0.484. The second-order valence-electron chi connectivity index (χ2n) is 8.61. The van der Waals surface area contributed by atoms with E-state index in [1.54, 1.807) is 6.92 Å². The fourth-order valence-electron chi connectivity index (χ4n) is 4.53. The van der Waals surface area contributed by atoms with Crippen molar-refractivity contribution in [3.8, 4) is 0 Å². The Morgan fingerprint density at radius 2 is 1.82 bits per heavy atom. The van der Waals surface area contributed by atoms with Crippen LogP contribution in [0.5, 0.6) is 0 Å². The van der Waals surface area contributed by atoms with Crippen LogP contribution in [0.2, 0.25) is 0 Å². The zero-order valence-corrected chi connectivity index (χ0v) is 19.5. The molecule has 6 heteroatoms. The third-order valence-electron chi connectivity index (χ3n) is 6.15. The summed E-state index contributed by atoms with van der Waals surface area (Å²) in [6.07, 6.45) is 0.869. The molecular weight excluding hydrogens is 414 g/mol. The first-order valence-electron chi connectivity index (χ1n) is 11.5. The highest BCUT2D eigenvalue weighted by Crippen LogP contribution is 2.27. The monoisotopic (exact) mass is 445 g/mol. The number of esters is 1. The number of fused-ring (bicyclic) bond motifs is 1. The van der Waals surface area contributed by atoms with Crippen LogP contribution in [-0.2, 0) is 35.6 Å². The van der Waals surface area contributed by atoms with Gasteiger partial charge in [-0.1, -0.05) is 36.4 Å². The third kappa shape index (κ3) is 5.34. The molecule has 0 atom stereocenters. The van der Waals surface area contributed by atoms with Gasteiger partial charge in [-0.05, 0) is 61.6 Å². The summed E-state index contributed by atoms with van der Waals surface area (Å²) in [5.41, 5.74) is 7.82. The molecule has 6 nitrogen and oxygen atoms in total. The Morgan fingerprint density at radius 1 is 1.06 bits per heavy atom. The van der Waals surface area contributed by atoms with E-state index in [0.717, 1.165) is 42.3 Å². The molecule has 1 amide bonds. The highest BCUT2D eigenvalue weighted by Gasteiger charge is 2.21. The highest BCUT2D eigenvalue weighted by molar-refractivity contribution is 5.93. The second-order valence-corrected chi connectivity index (χ2v) is 8.61. The van der Waals surface area contributed by atoms with Gasteiger partial charge >= 0.3 is 5.97 Å². The van der Waals surface area contributed by atoms with Crippen LogP contribution < -0.4 is 5.32 Å². The maximum atomic E-state index is 12.6. The molecule has 0 unspecified atom stereocenters. The normalized spacial score (nSPS) is 13.1. The van der Waals surface area contributed by atoms with Gasteiger partial charge in [0.05, 0.1) is 12.2 Å². The van der Waals surface area contributed by atoms with Crippen molar-refractivity contribution < 1.29 is 14.3 Å². The summed E-state index contributed by atoms with van der Waals surface area (Å²) < 4.78 is 5.14. The van der Waals surface area contributed by atoms with Crippen molar-refractivity contribution in [2.45, 2.75) is 53.2 Å². The standard InChI is InChI=1S/C27H31N3O3/c1-4-33-27(32)26-18(2)24(28-19(26)3)12-13-25(31)29-23-11-10-21-16-30(17-22(21)14-23)15-20-8-6-5-7-9-20/h5-11,14,28H,4,12-13,15-17H2,1-3H3,(H,29,31). The predicted molar refractivity (Wildman–Crippen MR) is 129 cm³/mol. The van der Waals surface area contributed by atoms with Crippen LogP contribution in [-0.4, -0.2) is 28.4 Å². The van der Waals surface area contributed by atoms with Crippen LogP contribution in [0.4, 0.5) is 5.69 Å². The minimum Gasteiger partial charge on any atom is -0.462 e. The molecule has 1 aliphatic heterocycles. The Labute approximate surface area is 195 Å². The van der Waals surface area contributed by atoms with E-state index in [0.29, 0.717) is 25.0 Å². The molecule has 1 aliphatic rings.